The van der Waals surface area contributed by atoms with Gasteiger partial charge in [0.05, 0.1) is 12.0 Å². The second-order valence-electron chi connectivity index (χ2n) is 5.91. The fourth-order valence-corrected chi connectivity index (χ4v) is 4.02. The van der Waals surface area contributed by atoms with Crippen LogP contribution in [0.5, 0.6) is 0 Å². The summed E-state index contributed by atoms with van der Waals surface area (Å²) in [6.45, 7) is 2.67. The molecule has 1 amide bonds. The zero-order valence-electron chi connectivity index (χ0n) is 13.4. The summed E-state index contributed by atoms with van der Waals surface area (Å²) in [5.41, 5.74) is 2.32. The SMILES string of the molecule is O=C(Nc1nc2c(s1)CN(Cc1ccc(Cl)cc1)CC2)c1ccco1. The van der Waals surface area contributed by atoms with Crippen LogP contribution >= 0.6 is 22.9 Å². The zero-order valence-corrected chi connectivity index (χ0v) is 14.9. The summed E-state index contributed by atoms with van der Waals surface area (Å²) >= 11 is 7.47. The number of furan rings is 1. The molecule has 0 atom stereocenters. The van der Waals surface area contributed by atoms with Crippen LogP contribution in [0.1, 0.15) is 26.7 Å². The molecule has 128 valence electrons. The van der Waals surface area contributed by atoms with Gasteiger partial charge in [-0.3, -0.25) is 15.0 Å². The van der Waals surface area contributed by atoms with Crippen LogP contribution in [0.4, 0.5) is 5.13 Å². The molecule has 0 fully saturated rings. The van der Waals surface area contributed by atoms with Crippen molar-refractivity contribution in [2.45, 2.75) is 19.5 Å². The molecule has 25 heavy (non-hydrogen) atoms. The fourth-order valence-electron chi connectivity index (χ4n) is 2.85. The number of amides is 1. The highest BCUT2D eigenvalue weighted by atomic mass is 35.5. The van der Waals surface area contributed by atoms with Crippen LogP contribution in [0.2, 0.25) is 5.02 Å². The molecule has 1 N–H and O–H groups in total. The molecule has 1 aliphatic rings. The van der Waals surface area contributed by atoms with E-state index in [1.807, 2.05) is 12.1 Å². The van der Waals surface area contributed by atoms with Gasteiger partial charge < -0.3 is 4.42 Å². The number of fused-ring (bicyclic) bond motifs is 1. The van der Waals surface area contributed by atoms with E-state index in [0.717, 1.165) is 36.8 Å². The second kappa shape index (κ2) is 7.00. The van der Waals surface area contributed by atoms with Crippen molar-refractivity contribution >= 4 is 34.0 Å². The quantitative estimate of drug-likeness (QED) is 0.744. The molecule has 3 aromatic rings. The van der Waals surface area contributed by atoms with Gasteiger partial charge in [-0.25, -0.2) is 4.98 Å². The molecule has 0 spiro atoms. The first-order valence-corrected chi connectivity index (χ1v) is 9.17. The summed E-state index contributed by atoms with van der Waals surface area (Å²) < 4.78 is 5.11. The van der Waals surface area contributed by atoms with E-state index in [1.54, 1.807) is 12.1 Å². The van der Waals surface area contributed by atoms with Crippen molar-refractivity contribution in [3.63, 3.8) is 0 Å². The van der Waals surface area contributed by atoms with Gasteiger partial charge in [0.15, 0.2) is 10.9 Å². The topological polar surface area (TPSA) is 58.4 Å². The van der Waals surface area contributed by atoms with Crippen LogP contribution in [0.3, 0.4) is 0 Å². The number of aromatic nitrogens is 1. The molecule has 0 radical (unpaired) electrons. The molecule has 1 aliphatic heterocycles. The molecular formula is C18H16ClN3O2S. The van der Waals surface area contributed by atoms with Gasteiger partial charge in [0.25, 0.3) is 5.91 Å². The van der Waals surface area contributed by atoms with Crippen molar-refractivity contribution < 1.29 is 9.21 Å². The number of halogens is 1. The van der Waals surface area contributed by atoms with E-state index in [2.05, 4.69) is 27.3 Å². The van der Waals surface area contributed by atoms with E-state index >= 15 is 0 Å². The molecule has 0 saturated heterocycles. The van der Waals surface area contributed by atoms with Crippen molar-refractivity contribution in [3.8, 4) is 0 Å². The highest BCUT2D eigenvalue weighted by molar-refractivity contribution is 7.15. The predicted octanol–water partition coefficient (Wildman–Crippen LogP) is 4.20. The van der Waals surface area contributed by atoms with E-state index in [9.17, 15) is 4.79 Å². The Hall–Kier alpha value is -2.15. The lowest BCUT2D eigenvalue weighted by molar-refractivity contribution is 0.0996. The Morgan fingerprint density at radius 3 is 2.92 bits per heavy atom. The number of hydrogen-bond acceptors (Lipinski definition) is 5. The van der Waals surface area contributed by atoms with E-state index in [0.29, 0.717) is 5.13 Å². The lowest BCUT2D eigenvalue weighted by Crippen LogP contribution is -2.29. The average molecular weight is 374 g/mol. The van der Waals surface area contributed by atoms with Crippen molar-refractivity contribution in [1.29, 1.82) is 0 Å². The van der Waals surface area contributed by atoms with Crippen molar-refractivity contribution in [2.24, 2.45) is 0 Å². The number of carbonyl (C=O) groups excluding carboxylic acids is 1. The predicted molar refractivity (Wildman–Crippen MR) is 98.0 cm³/mol. The van der Waals surface area contributed by atoms with E-state index in [1.165, 1.54) is 28.0 Å². The van der Waals surface area contributed by atoms with Crippen LogP contribution in [-0.2, 0) is 19.5 Å². The van der Waals surface area contributed by atoms with Gasteiger partial charge >= 0.3 is 0 Å². The molecule has 1 aromatic carbocycles. The monoisotopic (exact) mass is 373 g/mol. The third-order valence-corrected chi connectivity index (χ3v) is 5.34. The van der Waals surface area contributed by atoms with Crippen molar-refractivity contribution in [2.75, 3.05) is 11.9 Å². The minimum Gasteiger partial charge on any atom is -0.459 e. The van der Waals surface area contributed by atoms with Crippen LogP contribution in [0.25, 0.3) is 0 Å². The van der Waals surface area contributed by atoms with Crippen molar-refractivity contribution in [3.05, 3.63) is 69.6 Å². The first-order valence-electron chi connectivity index (χ1n) is 7.97. The van der Waals surface area contributed by atoms with Crippen LogP contribution < -0.4 is 5.32 Å². The normalized spacial score (nSPS) is 14.3. The van der Waals surface area contributed by atoms with Gasteiger partial charge in [0.2, 0.25) is 0 Å². The van der Waals surface area contributed by atoms with Gasteiger partial charge in [0, 0.05) is 36.0 Å². The zero-order chi connectivity index (χ0) is 17.2. The maximum Gasteiger partial charge on any atom is 0.293 e. The van der Waals surface area contributed by atoms with Crippen LogP contribution in [-0.4, -0.2) is 22.3 Å². The Bertz CT molecular complexity index is 874. The number of carbonyl (C=O) groups is 1. The largest absolute Gasteiger partial charge is 0.459 e. The van der Waals surface area contributed by atoms with E-state index in [-0.39, 0.29) is 11.7 Å². The summed E-state index contributed by atoms with van der Waals surface area (Å²) in [5.74, 6) is 0.0201. The van der Waals surface area contributed by atoms with Gasteiger partial charge in [0.1, 0.15) is 0 Å². The molecule has 0 unspecified atom stereocenters. The molecule has 0 saturated carbocycles. The van der Waals surface area contributed by atoms with Crippen LogP contribution in [0.15, 0.2) is 47.1 Å². The number of nitrogens with one attached hydrogen (secondary N) is 1. The van der Waals surface area contributed by atoms with Gasteiger partial charge in [-0.05, 0) is 29.8 Å². The summed E-state index contributed by atoms with van der Waals surface area (Å²) in [6, 6.07) is 11.3. The Labute approximate surface area is 154 Å². The average Bonchev–Trinajstić information content (AvgIpc) is 3.26. The molecule has 7 heteroatoms. The lowest BCUT2D eigenvalue weighted by Gasteiger charge is -2.25. The Kier molecular flexibility index (Phi) is 4.57. The van der Waals surface area contributed by atoms with Crippen molar-refractivity contribution in [1.82, 2.24) is 9.88 Å². The number of benzene rings is 1. The van der Waals surface area contributed by atoms with Gasteiger partial charge in [-0.15, -0.1) is 11.3 Å². The summed E-state index contributed by atoms with van der Waals surface area (Å²) in [7, 11) is 0. The van der Waals surface area contributed by atoms with Gasteiger partial charge in [-0.1, -0.05) is 23.7 Å². The molecular weight excluding hydrogens is 358 g/mol. The third kappa shape index (κ3) is 3.76. The summed E-state index contributed by atoms with van der Waals surface area (Å²) in [6.07, 6.45) is 2.37. The minimum absolute atomic E-state index is 0.269. The highest BCUT2D eigenvalue weighted by Gasteiger charge is 2.22. The first-order chi connectivity index (χ1) is 12.2. The molecule has 3 heterocycles. The maximum atomic E-state index is 12.1. The standard InChI is InChI=1S/C18H16ClN3O2S/c19-13-5-3-12(4-6-13)10-22-8-7-14-16(11-22)25-18(20-14)21-17(23)15-2-1-9-24-15/h1-6,9H,7-8,10-11H2,(H,20,21,23). The number of thiazole rings is 1. The second-order valence-corrected chi connectivity index (χ2v) is 7.43. The maximum absolute atomic E-state index is 12.1. The molecule has 5 nitrogen and oxygen atoms in total. The number of nitrogens with zero attached hydrogens (tertiary/aromatic N) is 2. The van der Waals surface area contributed by atoms with E-state index < -0.39 is 0 Å². The fraction of sp³-hybridized carbons (Fsp3) is 0.222. The summed E-state index contributed by atoms with van der Waals surface area (Å²) in [4.78, 5) is 20.2. The molecule has 0 bridgehead atoms. The molecule has 0 aliphatic carbocycles. The number of anilines is 1. The molecule has 4 rings (SSSR count). The Balaban J connectivity index is 1.42. The number of rotatable bonds is 4. The summed E-state index contributed by atoms with van der Waals surface area (Å²) in [5, 5.41) is 4.19. The molecule has 2 aromatic heterocycles. The Morgan fingerprint density at radius 2 is 2.16 bits per heavy atom. The lowest BCUT2D eigenvalue weighted by atomic mass is 10.1. The number of hydrogen-bond donors (Lipinski definition) is 1. The first kappa shape index (κ1) is 16.3. The Morgan fingerprint density at radius 1 is 1.32 bits per heavy atom. The highest BCUT2D eigenvalue weighted by Crippen LogP contribution is 2.29. The third-order valence-electron chi connectivity index (χ3n) is 4.10. The minimum atomic E-state index is -0.269. The smallest absolute Gasteiger partial charge is 0.293 e. The van der Waals surface area contributed by atoms with Gasteiger partial charge in [-0.2, -0.15) is 0 Å². The van der Waals surface area contributed by atoms with E-state index in [4.69, 9.17) is 16.0 Å². The van der Waals surface area contributed by atoms with Crippen LogP contribution in [0, 0.1) is 0 Å².